The molecule has 3 rings (SSSR count). The molecular weight excluding hydrogens is 270 g/mol. The molecule has 1 amide bonds. The van der Waals surface area contributed by atoms with Gasteiger partial charge in [0.25, 0.3) is 0 Å². The molecule has 2 N–H and O–H groups in total. The van der Waals surface area contributed by atoms with Crippen LogP contribution in [0.1, 0.15) is 5.56 Å². The lowest BCUT2D eigenvalue weighted by molar-refractivity contribution is -0.126. The Balaban J connectivity index is 1.73. The highest BCUT2D eigenvalue weighted by Crippen LogP contribution is 2.31. The number of nitrogens with one attached hydrogen (secondary N) is 2. The molecule has 2 aliphatic heterocycles. The van der Waals surface area contributed by atoms with E-state index in [1.165, 1.54) is 0 Å². The Kier molecular flexibility index (Phi) is 4.26. The van der Waals surface area contributed by atoms with Crippen LogP contribution in [0.15, 0.2) is 18.2 Å². The van der Waals surface area contributed by atoms with Crippen molar-refractivity contribution < 1.29 is 14.3 Å². The van der Waals surface area contributed by atoms with Gasteiger partial charge in [0, 0.05) is 33.2 Å². The lowest BCUT2D eigenvalue weighted by atomic mass is 10.1. The zero-order valence-electron chi connectivity index (χ0n) is 12.2. The molecular formula is C15H21N3O3. The third-order valence-corrected chi connectivity index (χ3v) is 3.90. The van der Waals surface area contributed by atoms with E-state index in [4.69, 9.17) is 9.47 Å². The number of rotatable bonds is 3. The fraction of sp³-hybridized carbons (Fsp3) is 0.533. The van der Waals surface area contributed by atoms with Crippen LogP contribution < -0.4 is 20.1 Å². The van der Waals surface area contributed by atoms with Crippen LogP contribution in [0.2, 0.25) is 0 Å². The van der Waals surface area contributed by atoms with Gasteiger partial charge in [0.15, 0.2) is 11.5 Å². The van der Waals surface area contributed by atoms with Crippen molar-refractivity contribution in [2.45, 2.75) is 12.6 Å². The molecule has 6 nitrogen and oxygen atoms in total. The Morgan fingerprint density at radius 1 is 1.38 bits per heavy atom. The molecule has 0 aliphatic carbocycles. The van der Waals surface area contributed by atoms with Gasteiger partial charge in [-0.3, -0.25) is 9.69 Å². The van der Waals surface area contributed by atoms with E-state index in [-0.39, 0.29) is 11.9 Å². The average molecular weight is 291 g/mol. The smallest absolute Gasteiger partial charge is 0.238 e. The van der Waals surface area contributed by atoms with Crippen molar-refractivity contribution in [3.63, 3.8) is 0 Å². The number of ether oxygens (including phenoxy) is 2. The van der Waals surface area contributed by atoms with Gasteiger partial charge in [-0.15, -0.1) is 0 Å². The Bertz CT molecular complexity index is 521. The Morgan fingerprint density at radius 3 is 3.00 bits per heavy atom. The Morgan fingerprint density at radius 2 is 2.19 bits per heavy atom. The number of nitrogens with zero attached hydrogens (tertiary/aromatic N) is 1. The van der Waals surface area contributed by atoms with E-state index in [9.17, 15) is 4.79 Å². The first-order valence-corrected chi connectivity index (χ1v) is 7.33. The second kappa shape index (κ2) is 6.32. The molecule has 0 radical (unpaired) electrons. The van der Waals surface area contributed by atoms with Crippen LogP contribution in [0.4, 0.5) is 0 Å². The summed E-state index contributed by atoms with van der Waals surface area (Å²) in [5.74, 6) is 1.65. The van der Waals surface area contributed by atoms with Gasteiger partial charge in [0.05, 0.1) is 0 Å². The molecule has 1 saturated heterocycles. The third-order valence-electron chi connectivity index (χ3n) is 3.90. The summed E-state index contributed by atoms with van der Waals surface area (Å²) in [5.41, 5.74) is 1.13. The number of likely N-dealkylation sites (N-methyl/N-ethyl adjacent to an activating group) is 1. The zero-order chi connectivity index (χ0) is 14.7. The van der Waals surface area contributed by atoms with E-state index in [1.807, 2.05) is 18.2 Å². The number of piperazine rings is 1. The van der Waals surface area contributed by atoms with Crippen molar-refractivity contribution >= 4 is 5.91 Å². The largest absolute Gasteiger partial charge is 0.486 e. The van der Waals surface area contributed by atoms with Gasteiger partial charge < -0.3 is 20.1 Å². The first kappa shape index (κ1) is 14.2. The molecule has 21 heavy (non-hydrogen) atoms. The van der Waals surface area contributed by atoms with Crippen molar-refractivity contribution in [1.82, 2.24) is 15.5 Å². The summed E-state index contributed by atoms with van der Waals surface area (Å²) in [4.78, 5) is 14.2. The fourth-order valence-corrected chi connectivity index (χ4v) is 2.78. The van der Waals surface area contributed by atoms with E-state index in [2.05, 4.69) is 15.5 Å². The first-order valence-electron chi connectivity index (χ1n) is 7.33. The number of carbonyl (C=O) groups is 1. The minimum Gasteiger partial charge on any atom is -0.486 e. The summed E-state index contributed by atoms with van der Waals surface area (Å²) < 4.78 is 11.1. The summed E-state index contributed by atoms with van der Waals surface area (Å²) in [5, 5.41) is 6.00. The van der Waals surface area contributed by atoms with Crippen LogP contribution in [0.3, 0.4) is 0 Å². The molecule has 1 aromatic rings. The summed E-state index contributed by atoms with van der Waals surface area (Å²) in [7, 11) is 1.68. The van der Waals surface area contributed by atoms with Gasteiger partial charge in [0.1, 0.15) is 19.3 Å². The van der Waals surface area contributed by atoms with Gasteiger partial charge in [-0.25, -0.2) is 0 Å². The number of hydrogen-bond acceptors (Lipinski definition) is 5. The topological polar surface area (TPSA) is 62.8 Å². The maximum atomic E-state index is 12.0. The number of hydrogen-bond donors (Lipinski definition) is 2. The van der Waals surface area contributed by atoms with Gasteiger partial charge in [0.2, 0.25) is 5.91 Å². The summed E-state index contributed by atoms with van der Waals surface area (Å²) in [6.45, 7) is 4.36. The maximum absolute atomic E-state index is 12.0. The van der Waals surface area contributed by atoms with Crippen LogP contribution in [0, 0.1) is 0 Å². The number of amides is 1. The molecule has 1 unspecified atom stereocenters. The molecule has 0 aromatic heterocycles. The van der Waals surface area contributed by atoms with Gasteiger partial charge in [-0.1, -0.05) is 6.07 Å². The van der Waals surface area contributed by atoms with Crippen LogP contribution in [0.5, 0.6) is 11.5 Å². The van der Waals surface area contributed by atoms with E-state index in [1.54, 1.807) is 7.05 Å². The average Bonchev–Trinajstić information content (AvgIpc) is 2.54. The third kappa shape index (κ3) is 3.11. The van der Waals surface area contributed by atoms with E-state index in [0.717, 1.165) is 36.7 Å². The molecule has 1 aromatic carbocycles. The Labute approximate surface area is 124 Å². The number of benzene rings is 1. The molecule has 2 heterocycles. The fourth-order valence-electron chi connectivity index (χ4n) is 2.78. The van der Waals surface area contributed by atoms with Crippen molar-refractivity contribution in [1.29, 1.82) is 0 Å². The summed E-state index contributed by atoms with van der Waals surface area (Å²) >= 11 is 0. The summed E-state index contributed by atoms with van der Waals surface area (Å²) in [6.07, 6.45) is 0. The van der Waals surface area contributed by atoms with Crippen molar-refractivity contribution in [2.75, 3.05) is 39.9 Å². The van der Waals surface area contributed by atoms with E-state index in [0.29, 0.717) is 19.8 Å². The maximum Gasteiger partial charge on any atom is 0.238 e. The Hall–Kier alpha value is -1.79. The minimum absolute atomic E-state index is 0.0553. The molecule has 0 bridgehead atoms. The molecule has 6 heteroatoms. The van der Waals surface area contributed by atoms with Gasteiger partial charge >= 0.3 is 0 Å². The first-order chi connectivity index (χ1) is 10.3. The van der Waals surface area contributed by atoms with Crippen molar-refractivity contribution in [3.8, 4) is 11.5 Å². The van der Waals surface area contributed by atoms with Crippen LogP contribution in [0.25, 0.3) is 0 Å². The molecule has 2 aliphatic rings. The molecule has 1 fully saturated rings. The van der Waals surface area contributed by atoms with Crippen LogP contribution in [-0.2, 0) is 11.3 Å². The lowest BCUT2D eigenvalue weighted by Crippen LogP contribution is -2.56. The van der Waals surface area contributed by atoms with Gasteiger partial charge in [-0.05, 0) is 17.7 Å². The highest BCUT2D eigenvalue weighted by Gasteiger charge is 2.28. The molecule has 0 saturated carbocycles. The second-order valence-corrected chi connectivity index (χ2v) is 5.28. The quantitative estimate of drug-likeness (QED) is 0.819. The minimum atomic E-state index is -0.128. The van der Waals surface area contributed by atoms with E-state index < -0.39 is 0 Å². The van der Waals surface area contributed by atoms with Crippen molar-refractivity contribution in [2.24, 2.45) is 0 Å². The standard InChI is InChI=1S/C15H21N3O3/c1-16-15(19)12-9-17-4-5-18(12)10-11-2-3-13-14(8-11)21-7-6-20-13/h2-3,8,12,17H,4-7,9-10H2,1H3,(H,16,19). The highest BCUT2D eigenvalue weighted by molar-refractivity contribution is 5.81. The normalized spacial score (nSPS) is 21.9. The molecule has 1 atom stereocenters. The highest BCUT2D eigenvalue weighted by atomic mass is 16.6. The van der Waals surface area contributed by atoms with Crippen LogP contribution >= 0.6 is 0 Å². The van der Waals surface area contributed by atoms with Crippen LogP contribution in [-0.4, -0.2) is 56.7 Å². The number of carbonyl (C=O) groups excluding carboxylic acids is 1. The zero-order valence-corrected chi connectivity index (χ0v) is 12.2. The van der Waals surface area contributed by atoms with Crippen molar-refractivity contribution in [3.05, 3.63) is 23.8 Å². The lowest BCUT2D eigenvalue weighted by Gasteiger charge is -2.35. The predicted molar refractivity (Wildman–Crippen MR) is 78.6 cm³/mol. The molecule has 114 valence electrons. The van der Waals surface area contributed by atoms with E-state index >= 15 is 0 Å². The van der Waals surface area contributed by atoms with Gasteiger partial charge in [-0.2, -0.15) is 0 Å². The monoisotopic (exact) mass is 291 g/mol. The number of fused-ring (bicyclic) bond motifs is 1. The second-order valence-electron chi connectivity index (χ2n) is 5.28. The molecule has 0 spiro atoms. The SMILES string of the molecule is CNC(=O)C1CNCCN1Cc1ccc2c(c1)OCCO2. The predicted octanol–water partition coefficient (Wildman–Crippen LogP) is -0.0224. The summed E-state index contributed by atoms with van der Waals surface area (Å²) in [6, 6.07) is 5.87.